The molecule has 0 unspecified atom stereocenters. The minimum atomic E-state index is -0.553. The first kappa shape index (κ1) is 9.68. The number of ether oxygens (including phenoxy) is 1. The van der Waals surface area contributed by atoms with Gasteiger partial charge in [-0.2, -0.15) is 0 Å². The minimum Gasteiger partial charge on any atom is -0.454 e. The van der Waals surface area contributed by atoms with Crippen LogP contribution in [0.15, 0.2) is 11.8 Å². The van der Waals surface area contributed by atoms with Crippen LogP contribution in [-0.2, 0) is 14.3 Å². The highest BCUT2D eigenvalue weighted by molar-refractivity contribution is 5.89. The summed E-state index contributed by atoms with van der Waals surface area (Å²) in [6, 6.07) is 0. The highest BCUT2D eigenvalue weighted by Gasteiger charge is 2.05. The number of hydrogen-bond acceptors (Lipinski definition) is 4. The second-order valence-corrected chi connectivity index (χ2v) is 2.13. The van der Waals surface area contributed by atoms with Crippen molar-refractivity contribution in [3.8, 4) is 0 Å². The summed E-state index contributed by atoms with van der Waals surface area (Å²) in [7, 11) is 0. The summed E-state index contributed by atoms with van der Waals surface area (Å²) < 4.78 is 4.52. The first-order valence-electron chi connectivity index (χ1n) is 3.13. The third-order valence-electron chi connectivity index (χ3n) is 0.979. The minimum absolute atomic E-state index is 0.190. The van der Waals surface area contributed by atoms with E-state index in [1.54, 1.807) is 0 Å². The van der Waals surface area contributed by atoms with Crippen molar-refractivity contribution in [2.45, 2.75) is 13.8 Å². The molecule has 0 amide bonds. The molecule has 0 aromatic heterocycles. The molecule has 0 saturated carbocycles. The van der Waals surface area contributed by atoms with E-state index in [2.05, 4.69) is 4.74 Å². The molecule has 4 nitrogen and oxygen atoms in total. The molecule has 0 spiro atoms. The number of Topliss-reactive ketones (excluding diaryl/α,β-unsaturated/α-hetero) is 1. The third kappa shape index (κ3) is 4.13. The van der Waals surface area contributed by atoms with Gasteiger partial charge in [0.15, 0.2) is 5.78 Å². The molecule has 0 bridgehead atoms. The highest BCUT2D eigenvalue weighted by Crippen LogP contribution is 1.93. The topological polar surface area (TPSA) is 69.4 Å². The zero-order valence-electron chi connectivity index (χ0n) is 6.59. The molecule has 0 aliphatic heterocycles. The van der Waals surface area contributed by atoms with Gasteiger partial charge in [-0.25, -0.2) is 4.79 Å². The molecule has 0 aromatic carbocycles. The van der Waals surface area contributed by atoms with Crippen LogP contribution in [0.2, 0.25) is 0 Å². The second kappa shape index (κ2) is 4.49. The van der Waals surface area contributed by atoms with Gasteiger partial charge in [-0.3, -0.25) is 4.79 Å². The molecule has 0 saturated heterocycles. The molecular formula is C7H11NO3. The van der Waals surface area contributed by atoms with E-state index in [0.29, 0.717) is 5.57 Å². The van der Waals surface area contributed by atoms with E-state index in [0.717, 1.165) is 6.20 Å². The smallest absolute Gasteiger partial charge is 0.335 e. The van der Waals surface area contributed by atoms with E-state index < -0.39 is 5.97 Å². The number of carbonyl (C=O) groups excluding carboxylic acids is 2. The molecule has 0 rings (SSSR count). The van der Waals surface area contributed by atoms with Crippen molar-refractivity contribution in [2.24, 2.45) is 5.73 Å². The van der Waals surface area contributed by atoms with Crippen LogP contribution in [0, 0.1) is 0 Å². The van der Waals surface area contributed by atoms with Crippen LogP contribution in [0.3, 0.4) is 0 Å². The molecule has 0 aliphatic rings. The molecular weight excluding hydrogens is 146 g/mol. The van der Waals surface area contributed by atoms with Gasteiger partial charge >= 0.3 is 5.97 Å². The fraction of sp³-hybridized carbons (Fsp3) is 0.429. The summed E-state index contributed by atoms with van der Waals surface area (Å²) >= 11 is 0. The molecule has 0 aliphatic carbocycles. The van der Waals surface area contributed by atoms with Crippen molar-refractivity contribution in [1.29, 1.82) is 0 Å². The molecule has 0 radical (unpaired) electrons. The standard InChI is InChI=1S/C7H11NO3/c1-5(3-8)7(10)11-4-6(2)9/h3H,4,8H2,1-2H3/b5-3+. The van der Waals surface area contributed by atoms with Gasteiger partial charge in [-0.1, -0.05) is 0 Å². The normalized spacial score (nSPS) is 10.9. The number of rotatable bonds is 3. The van der Waals surface area contributed by atoms with Crippen LogP contribution in [0.5, 0.6) is 0 Å². The first-order valence-corrected chi connectivity index (χ1v) is 3.13. The van der Waals surface area contributed by atoms with E-state index in [4.69, 9.17) is 5.73 Å². The predicted octanol–water partition coefficient (Wildman–Crippen LogP) is -0.0189. The van der Waals surface area contributed by atoms with Crippen molar-refractivity contribution < 1.29 is 14.3 Å². The molecule has 11 heavy (non-hydrogen) atoms. The lowest BCUT2D eigenvalue weighted by Gasteiger charge is -2.00. The van der Waals surface area contributed by atoms with Crippen LogP contribution in [0.4, 0.5) is 0 Å². The Hall–Kier alpha value is -1.32. The van der Waals surface area contributed by atoms with Gasteiger partial charge in [-0.05, 0) is 13.8 Å². The van der Waals surface area contributed by atoms with Gasteiger partial charge in [0.25, 0.3) is 0 Å². The Labute approximate surface area is 65.0 Å². The lowest BCUT2D eigenvalue weighted by Crippen LogP contribution is -2.12. The van der Waals surface area contributed by atoms with Crippen molar-refractivity contribution in [3.63, 3.8) is 0 Å². The number of esters is 1. The van der Waals surface area contributed by atoms with Gasteiger partial charge < -0.3 is 10.5 Å². The quantitative estimate of drug-likeness (QED) is 0.461. The van der Waals surface area contributed by atoms with Gasteiger partial charge in [0.05, 0.1) is 0 Å². The average molecular weight is 157 g/mol. The lowest BCUT2D eigenvalue weighted by molar-refractivity contribution is -0.143. The highest BCUT2D eigenvalue weighted by atomic mass is 16.5. The average Bonchev–Trinajstić information content (AvgIpc) is 1.98. The Bertz CT molecular complexity index is 196. The van der Waals surface area contributed by atoms with Crippen LogP contribution in [0.25, 0.3) is 0 Å². The second-order valence-electron chi connectivity index (χ2n) is 2.13. The van der Waals surface area contributed by atoms with Gasteiger partial charge in [0, 0.05) is 11.8 Å². The number of nitrogens with two attached hydrogens (primary N) is 1. The summed E-state index contributed by atoms with van der Waals surface area (Å²) in [5, 5.41) is 0. The third-order valence-corrected chi connectivity index (χ3v) is 0.979. The van der Waals surface area contributed by atoms with E-state index in [-0.39, 0.29) is 12.4 Å². The zero-order valence-corrected chi connectivity index (χ0v) is 6.59. The van der Waals surface area contributed by atoms with E-state index in [1.165, 1.54) is 13.8 Å². The number of ketones is 1. The van der Waals surface area contributed by atoms with E-state index in [1.807, 2.05) is 0 Å². The molecule has 0 atom stereocenters. The monoisotopic (exact) mass is 157 g/mol. The first-order chi connectivity index (χ1) is 5.07. The maximum atomic E-state index is 10.8. The maximum Gasteiger partial charge on any atom is 0.335 e. The van der Waals surface area contributed by atoms with Crippen molar-refractivity contribution in [3.05, 3.63) is 11.8 Å². The van der Waals surface area contributed by atoms with Crippen LogP contribution in [-0.4, -0.2) is 18.4 Å². The summed E-state index contributed by atoms with van der Waals surface area (Å²) in [6.07, 6.45) is 1.14. The number of hydrogen-bond donors (Lipinski definition) is 1. The molecule has 4 heteroatoms. The molecule has 0 heterocycles. The Balaban J connectivity index is 3.80. The SMILES string of the molecule is CC(=O)COC(=O)/C(C)=C/N. The van der Waals surface area contributed by atoms with E-state index in [9.17, 15) is 9.59 Å². The van der Waals surface area contributed by atoms with Gasteiger partial charge in [0.2, 0.25) is 0 Å². The molecule has 2 N–H and O–H groups in total. The van der Waals surface area contributed by atoms with Crippen molar-refractivity contribution in [2.75, 3.05) is 6.61 Å². The molecule has 0 fully saturated rings. The largest absolute Gasteiger partial charge is 0.454 e. The van der Waals surface area contributed by atoms with E-state index >= 15 is 0 Å². The van der Waals surface area contributed by atoms with Crippen molar-refractivity contribution >= 4 is 11.8 Å². The molecule has 0 aromatic rings. The number of carbonyl (C=O) groups is 2. The van der Waals surface area contributed by atoms with Crippen LogP contribution >= 0.6 is 0 Å². The van der Waals surface area contributed by atoms with Gasteiger partial charge in [-0.15, -0.1) is 0 Å². The predicted molar refractivity (Wildman–Crippen MR) is 39.6 cm³/mol. The Morgan fingerprint density at radius 1 is 1.45 bits per heavy atom. The summed E-state index contributed by atoms with van der Waals surface area (Å²) in [4.78, 5) is 21.1. The lowest BCUT2D eigenvalue weighted by atomic mass is 10.3. The Kier molecular flexibility index (Phi) is 3.95. The fourth-order valence-corrected chi connectivity index (χ4v) is 0.349. The van der Waals surface area contributed by atoms with Gasteiger partial charge in [0.1, 0.15) is 6.61 Å². The maximum absolute atomic E-state index is 10.8. The van der Waals surface area contributed by atoms with Crippen LogP contribution < -0.4 is 5.73 Å². The fourth-order valence-electron chi connectivity index (χ4n) is 0.349. The van der Waals surface area contributed by atoms with Crippen LogP contribution in [0.1, 0.15) is 13.8 Å². The van der Waals surface area contributed by atoms with Crippen molar-refractivity contribution in [1.82, 2.24) is 0 Å². The summed E-state index contributed by atoms with van der Waals surface area (Å²) in [5.74, 6) is -0.745. The Morgan fingerprint density at radius 2 is 2.00 bits per heavy atom. The summed E-state index contributed by atoms with van der Waals surface area (Å²) in [5.41, 5.74) is 5.33. The zero-order chi connectivity index (χ0) is 8.85. The Morgan fingerprint density at radius 3 is 2.36 bits per heavy atom. The molecule has 62 valence electrons. The summed E-state index contributed by atoms with van der Waals surface area (Å²) in [6.45, 7) is 2.67.